The fourth-order valence-corrected chi connectivity index (χ4v) is 3.37. The second-order valence-electron chi connectivity index (χ2n) is 4.56. The first-order chi connectivity index (χ1) is 7.52. The highest BCUT2D eigenvalue weighted by atomic mass is 127. The molecule has 0 amide bonds. The molecular weight excluding hydrogens is 315 g/mol. The first kappa shape index (κ1) is 14.0. The van der Waals surface area contributed by atoms with Gasteiger partial charge in [-0.2, -0.15) is 0 Å². The lowest BCUT2D eigenvalue weighted by molar-refractivity contribution is -0.144. The van der Waals surface area contributed by atoms with Crippen molar-refractivity contribution in [3.63, 3.8) is 0 Å². The Kier molecular flexibility index (Phi) is 5.28. The average Bonchev–Trinajstić information content (AvgIpc) is 2.52. The van der Waals surface area contributed by atoms with Crippen LogP contribution in [-0.2, 0) is 9.53 Å². The van der Waals surface area contributed by atoms with Crippen molar-refractivity contribution in [2.24, 2.45) is 17.8 Å². The van der Waals surface area contributed by atoms with Crippen molar-refractivity contribution >= 4 is 28.6 Å². The largest absolute Gasteiger partial charge is 0.461 e. The van der Waals surface area contributed by atoms with Crippen LogP contribution >= 0.6 is 22.6 Å². The van der Waals surface area contributed by atoms with E-state index in [9.17, 15) is 4.79 Å². The molecule has 1 rings (SSSR count). The molecule has 2 nitrogen and oxygen atoms in total. The van der Waals surface area contributed by atoms with Gasteiger partial charge < -0.3 is 4.74 Å². The number of esters is 1. The van der Waals surface area contributed by atoms with Gasteiger partial charge in [-0.15, -0.1) is 0 Å². The van der Waals surface area contributed by atoms with E-state index in [-0.39, 0.29) is 18.0 Å². The molecule has 0 aromatic carbocycles. The van der Waals surface area contributed by atoms with Crippen molar-refractivity contribution in [1.29, 1.82) is 0 Å². The highest BCUT2D eigenvalue weighted by molar-refractivity contribution is 14.1. The number of hydrogen-bond donors (Lipinski definition) is 0. The number of hydrogen-bond acceptors (Lipinski definition) is 2. The number of carbonyl (C=O) groups excluding carboxylic acids is 1. The smallest absolute Gasteiger partial charge is 0.310 e. The summed E-state index contributed by atoms with van der Waals surface area (Å²) >= 11 is 2.34. The van der Waals surface area contributed by atoms with Gasteiger partial charge in [-0.1, -0.05) is 48.6 Å². The number of cyclic esters (lactones) is 1. The molecule has 0 aromatic rings. The quantitative estimate of drug-likeness (QED) is 0.339. The van der Waals surface area contributed by atoms with E-state index >= 15 is 0 Å². The molecule has 0 radical (unpaired) electrons. The average molecular weight is 336 g/mol. The summed E-state index contributed by atoms with van der Waals surface area (Å²) in [5.74, 6) is 0.683. The van der Waals surface area contributed by atoms with Crippen molar-refractivity contribution in [3.05, 3.63) is 12.2 Å². The Bertz CT molecular complexity index is 273. The number of halogens is 1. The molecule has 1 heterocycles. The number of carbonyl (C=O) groups is 1. The molecule has 92 valence electrons. The summed E-state index contributed by atoms with van der Waals surface area (Å²) in [6, 6.07) is 0. The molecule has 0 aromatic heterocycles. The molecule has 1 aliphatic heterocycles. The van der Waals surface area contributed by atoms with Gasteiger partial charge in [-0.25, -0.2) is 0 Å². The predicted molar refractivity (Wildman–Crippen MR) is 74.6 cm³/mol. The summed E-state index contributed by atoms with van der Waals surface area (Å²) in [4.78, 5) is 11.9. The molecule has 16 heavy (non-hydrogen) atoms. The summed E-state index contributed by atoms with van der Waals surface area (Å²) in [5.41, 5.74) is 0. The van der Waals surface area contributed by atoms with E-state index in [1.165, 1.54) is 0 Å². The van der Waals surface area contributed by atoms with Crippen LogP contribution in [0.4, 0.5) is 0 Å². The van der Waals surface area contributed by atoms with Gasteiger partial charge in [0.05, 0.1) is 5.92 Å². The van der Waals surface area contributed by atoms with Crippen LogP contribution in [0.25, 0.3) is 0 Å². The third-order valence-corrected chi connectivity index (χ3v) is 4.14. The lowest BCUT2D eigenvalue weighted by atomic mass is 9.80. The van der Waals surface area contributed by atoms with Crippen LogP contribution in [0.15, 0.2) is 12.2 Å². The number of ether oxygens (including phenoxy) is 1. The minimum Gasteiger partial charge on any atom is -0.461 e. The van der Waals surface area contributed by atoms with Gasteiger partial charge in [-0.05, 0) is 26.2 Å². The van der Waals surface area contributed by atoms with Gasteiger partial charge >= 0.3 is 5.97 Å². The lowest BCUT2D eigenvalue weighted by Gasteiger charge is -2.22. The zero-order valence-corrected chi connectivity index (χ0v) is 12.6. The molecule has 1 fully saturated rings. The zero-order chi connectivity index (χ0) is 12.3. The van der Waals surface area contributed by atoms with Crippen molar-refractivity contribution in [1.82, 2.24) is 0 Å². The van der Waals surface area contributed by atoms with E-state index in [1.54, 1.807) is 0 Å². The van der Waals surface area contributed by atoms with Crippen LogP contribution in [0, 0.1) is 17.8 Å². The molecule has 0 N–H and O–H groups in total. The monoisotopic (exact) mass is 336 g/mol. The molecule has 0 saturated carbocycles. The van der Waals surface area contributed by atoms with Crippen LogP contribution in [-0.4, -0.2) is 16.0 Å². The fraction of sp³-hybridized carbons (Fsp3) is 0.769. The van der Waals surface area contributed by atoms with Crippen LogP contribution in [0.1, 0.15) is 34.1 Å². The molecule has 5 atom stereocenters. The van der Waals surface area contributed by atoms with E-state index in [0.29, 0.717) is 15.8 Å². The molecule has 3 heteroatoms. The Morgan fingerprint density at radius 3 is 2.56 bits per heavy atom. The topological polar surface area (TPSA) is 26.3 Å². The Labute approximate surface area is 112 Å². The fourth-order valence-electron chi connectivity index (χ4n) is 2.57. The number of alkyl halides is 1. The normalized spacial score (nSPS) is 34.1. The highest BCUT2D eigenvalue weighted by Gasteiger charge is 2.45. The Hall–Kier alpha value is -0.0600. The van der Waals surface area contributed by atoms with Gasteiger partial charge in [0.25, 0.3) is 0 Å². The van der Waals surface area contributed by atoms with Gasteiger partial charge in [0, 0.05) is 9.84 Å². The Morgan fingerprint density at radius 2 is 2.19 bits per heavy atom. The van der Waals surface area contributed by atoms with Gasteiger partial charge in [0.2, 0.25) is 0 Å². The lowest BCUT2D eigenvalue weighted by Crippen LogP contribution is -2.27. The summed E-state index contributed by atoms with van der Waals surface area (Å²) < 4.78 is 5.88. The molecule has 0 bridgehead atoms. The highest BCUT2D eigenvalue weighted by Crippen LogP contribution is 2.38. The van der Waals surface area contributed by atoms with Crippen molar-refractivity contribution in [2.45, 2.75) is 44.1 Å². The summed E-state index contributed by atoms with van der Waals surface area (Å²) in [6.45, 7) is 8.38. The minimum atomic E-state index is -0.00836. The third kappa shape index (κ3) is 2.79. The van der Waals surface area contributed by atoms with Gasteiger partial charge in [-0.3, -0.25) is 4.79 Å². The van der Waals surface area contributed by atoms with Crippen molar-refractivity contribution in [3.8, 4) is 0 Å². The second-order valence-corrected chi connectivity index (χ2v) is 6.53. The van der Waals surface area contributed by atoms with Crippen molar-refractivity contribution < 1.29 is 9.53 Å². The first-order valence-electron chi connectivity index (χ1n) is 6.00. The van der Waals surface area contributed by atoms with Crippen LogP contribution in [0.3, 0.4) is 0 Å². The van der Waals surface area contributed by atoms with Gasteiger partial charge in [0.1, 0.15) is 6.10 Å². The van der Waals surface area contributed by atoms with E-state index in [2.05, 4.69) is 49.4 Å². The van der Waals surface area contributed by atoms with Crippen LogP contribution in [0.2, 0.25) is 0 Å². The van der Waals surface area contributed by atoms with E-state index in [4.69, 9.17) is 4.74 Å². The standard InChI is InChI=1S/C13H21IO2/c1-5-7-10(6-2)11-8(3)12(9(4)14)16-13(11)15/h5,7-12H,6H2,1-4H3/b7-5+/t8-,9-,10+,11-,12+/m1/s1. The molecule has 0 unspecified atom stereocenters. The molecule has 1 aliphatic rings. The SMILES string of the molecule is C/C=C/[C@H](CC)[C@@H]1C(=O)O[C@H]([C@@H](C)I)[C@@H]1C. The predicted octanol–water partition coefficient (Wildman–Crippen LogP) is 3.59. The van der Waals surface area contributed by atoms with Crippen molar-refractivity contribution in [2.75, 3.05) is 0 Å². The van der Waals surface area contributed by atoms with E-state index in [1.807, 2.05) is 13.0 Å². The maximum atomic E-state index is 11.9. The minimum absolute atomic E-state index is 0.00836. The Morgan fingerprint density at radius 1 is 1.56 bits per heavy atom. The molecule has 0 spiro atoms. The zero-order valence-electron chi connectivity index (χ0n) is 10.4. The summed E-state index contributed by atoms with van der Waals surface area (Å²) in [7, 11) is 0. The second kappa shape index (κ2) is 6.03. The number of rotatable bonds is 4. The molecule has 1 saturated heterocycles. The summed E-state index contributed by atoms with van der Waals surface area (Å²) in [5, 5.41) is 0. The van der Waals surface area contributed by atoms with E-state index < -0.39 is 0 Å². The molecule has 0 aliphatic carbocycles. The molecular formula is C13H21IO2. The maximum Gasteiger partial charge on any atom is 0.310 e. The van der Waals surface area contributed by atoms with Gasteiger partial charge in [0.15, 0.2) is 0 Å². The first-order valence-corrected chi connectivity index (χ1v) is 7.24. The third-order valence-electron chi connectivity index (χ3n) is 3.43. The summed E-state index contributed by atoms with van der Waals surface area (Å²) in [6.07, 6.45) is 5.26. The van der Waals surface area contributed by atoms with Crippen LogP contribution in [0.5, 0.6) is 0 Å². The van der Waals surface area contributed by atoms with E-state index in [0.717, 1.165) is 6.42 Å². The maximum absolute atomic E-state index is 11.9. The Balaban J connectivity index is 2.84. The number of allylic oxidation sites excluding steroid dienone is 2. The van der Waals surface area contributed by atoms with Crippen LogP contribution < -0.4 is 0 Å².